The number of hydrogen-bond acceptors (Lipinski definition) is 2. The third-order valence-corrected chi connectivity index (χ3v) is 8.11. The van der Waals surface area contributed by atoms with Crippen molar-refractivity contribution in [3.05, 3.63) is 88.5 Å². The van der Waals surface area contributed by atoms with E-state index in [1.165, 1.54) is 66.8 Å². The van der Waals surface area contributed by atoms with Crippen LogP contribution in [0.4, 0.5) is 17.1 Å². The fraction of sp³-hybridized carbons (Fsp3) is 0.471. The molecule has 1 atom stereocenters. The normalized spacial score (nSPS) is 15.8. The molecule has 36 heavy (non-hydrogen) atoms. The average molecular weight is 481 g/mol. The van der Waals surface area contributed by atoms with Crippen molar-refractivity contribution in [2.45, 2.75) is 78.6 Å². The second kappa shape index (κ2) is 10.7. The smallest absolute Gasteiger partial charge is 0.0431 e. The van der Waals surface area contributed by atoms with E-state index in [2.05, 4.69) is 105 Å². The third kappa shape index (κ3) is 5.33. The van der Waals surface area contributed by atoms with E-state index < -0.39 is 0 Å². The molecule has 0 aromatic heterocycles. The first kappa shape index (κ1) is 24.9. The molecule has 2 heterocycles. The molecule has 2 aliphatic heterocycles. The lowest BCUT2D eigenvalue weighted by molar-refractivity contribution is 0.630. The lowest BCUT2D eigenvalue weighted by atomic mass is 9.85. The fourth-order valence-corrected chi connectivity index (χ4v) is 6.20. The molecule has 2 heteroatoms. The maximum atomic E-state index is 2.65. The Kier molecular flexibility index (Phi) is 7.42. The van der Waals surface area contributed by atoms with Crippen LogP contribution in [0.3, 0.4) is 0 Å². The number of anilines is 3. The Morgan fingerprint density at radius 2 is 1.42 bits per heavy atom. The summed E-state index contributed by atoms with van der Waals surface area (Å²) in [6.07, 6.45) is 6.17. The van der Waals surface area contributed by atoms with Crippen LogP contribution in [-0.4, -0.2) is 19.6 Å². The maximum absolute atomic E-state index is 2.65. The van der Waals surface area contributed by atoms with Crippen molar-refractivity contribution in [3.8, 4) is 0 Å². The van der Waals surface area contributed by atoms with E-state index in [-0.39, 0.29) is 0 Å². The molecule has 2 nitrogen and oxygen atoms in total. The summed E-state index contributed by atoms with van der Waals surface area (Å²) in [6, 6.07) is 23.5. The van der Waals surface area contributed by atoms with Crippen LogP contribution in [0.1, 0.15) is 87.1 Å². The molecular formula is C34H44N2. The fourth-order valence-electron chi connectivity index (χ4n) is 6.20. The molecule has 0 aliphatic carbocycles. The van der Waals surface area contributed by atoms with E-state index in [4.69, 9.17) is 0 Å². The predicted octanol–water partition coefficient (Wildman–Crippen LogP) is 8.65. The summed E-state index contributed by atoms with van der Waals surface area (Å²) in [5.41, 5.74) is 11.7. The summed E-state index contributed by atoms with van der Waals surface area (Å²) in [5.74, 6) is 1.66. The molecule has 2 aliphatic rings. The Balaban J connectivity index is 1.39. The summed E-state index contributed by atoms with van der Waals surface area (Å²) >= 11 is 0. The monoisotopic (exact) mass is 480 g/mol. The van der Waals surface area contributed by atoms with Crippen molar-refractivity contribution < 1.29 is 0 Å². The van der Waals surface area contributed by atoms with Gasteiger partial charge in [0.2, 0.25) is 0 Å². The van der Waals surface area contributed by atoms with Crippen LogP contribution in [0.15, 0.2) is 60.7 Å². The Morgan fingerprint density at radius 3 is 2.03 bits per heavy atom. The van der Waals surface area contributed by atoms with Crippen molar-refractivity contribution in [2.24, 2.45) is 5.92 Å². The van der Waals surface area contributed by atoms with Gasteiger partial charge in [-0.15, -0.1) is 0 Å². The zero-order valence-corrected chi connectivity index (χ0v) is 23.1. The van der Waals surface area contributed by atoms with E-state index in [9.17, 15) is 0 Å². The van der Waals surface area contributed by atoms with E-state index in [0.29, 0.717) is 17.8 Å². The van der Waals surface area contributed by atoms with E-state index >= 15 is 0 Å². The molecular weight excluding hydrogens is 436 g/mol. The van der Waals surface area contributed by atoms with Gasteiger partial charge in [0.15, 0.2) is 0 Å². The highest BCUT2D eigenvalue weighted by Crippen LogP contribution is 2.38. The van der Waals surface area contributed by atoms with Crippen LogP contribution >= 0.6 is 0 Å². The van der Waals surface area contributed by atoms with Gasteiger partial charge >= 0.3 is 0 Å². The molecule has 0 spiro atoms. The van der Waals surface area contributed by atoms with Crippen LogP contribution in [-0.2, 0) is 19.3 Å². The minimum Gasteiger partial charge on any atom is -0.371 e. The SMILES string of the molecule is CC(C)CN(c1ccc(C(C)C)cc1)c1cccc(CC(C)c2cc3c4c(c2)CCCN4CCC3)c1. The zero-order chi connectivity index (χ0) is 25.2. The summed E-state index contributed by atoms with van der Waals surface area (Å²) in [4.78, 5) is 5.15. The predicted molar refractivity (Wildman–Crippen MR) is 156 cm³/mol. The van der Waals surface area contributed by atoms with Crippen LogP contribution in [0.25, 0.3) is 0 Å². The van der Waals surface area contributed by atoms with E-state index in [0.717, 1.165) is 13.0 Å². The van der Waals surface area contributed by atoms with Crippen LogP contribution in [0, 0.1) is 5.92 Å². The topological polar surface area (TPSA) is 6.48 Å². The van der Waals surface area contributed by atoms with Crippen LogP contribution in [0.5, 0.6) is 0 Å². The quantitative estimate of drug-likeness (QED) is 0.318. The summed E-state index contributed by atoms with van der Waals surface area (Å²) in [6.45, 7) is 15.1. The maximum Gasteiger partial charge on any atom is 0.0431 e. The molecule has 1 unspecified atom stereocenters. The van der Waals surface area contributed by atoms with Gasteiger partial charge in [-0.05, 0) is 102 Å². The zero-order valence-electron chi connectivity index (χ0n) is 23.1. The van der Waals surface area contributed by atoms with Crippen molar-refractivity contribution in [3.63, 3.8) is 0 Å². The third-order valence-electron chi connectivity index (χ3n) is 8.11. The van der Waals surface area contributed by atoms with Gasteiger partial charge in [0.05, 0.1) is 0 Å². The minimum absolute atomic E-state index is 0.517. The number of benzene rings is 3. The number of aryl methyl sites for hydroxylation is 2. The first-order valence-corrected chi connectivity index (χ1v) is 14.3. The second-order valence-electron chi connectivity index (χ2n) is 11.9. The largest absolute Gasteiger partial charge is 0.371 e. The Hall–Kier alpha value is -2.74. The molecule has 0 radical (unpaired) electrons. The van der Waals surface area contributed by atoms with Crippen LogP contribution < -0.4 is 9.80 Å². The minimum atomic E-state index is 0.517. The molecule has 0 amide bonds. The lowest BCUT2D eigenvalue weighted by Crippen LogP contribution is -2.34. The highest BCUT2D eigenvalue weighted by atomic mass is 15.1. The molecule has 0 bridgehead atoms. The van der Waals surface area contributed by atoms with Gasteiger partial charge in [-0.3, -0.25) is 0 Å². The Labute approximate surface area is 219 Å². The molecule has 5 rings (SSSR count). The molecule has 0 N–H and O–H groups in total. The van der Waals surface area contributed by atoms with Gasteiger partial charge < -0.3 is 9.80 Å². The highest BCUT2D eigenvalue weighted by molar-refractivity contribution is 5.65. The van der Waals surface area contributed by atoms with E-state index in [1.54, 1.807) is 16.8 Å². The highest BCUT2D eigenvalue weighted by Gasteiger charge is 2.25. The molecule has 3 aromatic carbocycles. The molecule has 0 fully saturated rings. The van der Waals surface area contributed by atoms with Crippen molar-refractivity contribution in [1.29, 1.82) is 0 Å². The van der Waals surface area contributed by atoms with Gasteiger partial charge in [-0.1, -0.05) is 71.0 Å². The van der Waals surface area contributed by atoms with Gasteiger partial charge in [0, 0.05) is 36.7 Å². The van der Waals surface area contributed by atoms with Gasteiger partial charge in [0.25, 0.3) is 0 Å². The van der Waals surface area contributed by atoms with E-state index in [1.807, 2.05) is 0 Å². The first-order chi connectivity index (χ1) is 17.4. The standard InChI is InChI=1S/C34H44N2/c1-24(2)23-36(32-15-13-28(14-16-32)25(3)4)33-12-6-9-27(20-33)19-26(5)31-21-29-10-7-17-35-18-8-11-30(22-31)34(29)35/h6,9,12-16,20-22,24-26H,7-8,10-11,17-19,23H2,1-5H3. The van der Waals surface area contributed by atoms with Crippen LogP contribution in [0.2, 0.25) is 0 Å². The lowest BCUT2D eigenvalue weighted by Gasteiger charge is -2.37. The Morgan fingerprint density at radius 1 is 0.750 bits per heavy atom. The molecule has 3 aromatic rings. The van der Waals surface area contributed by atoms with Crippen molar-refractivity contribution in [1.82, 2.24) is 0 Å². The van der Waals surface area contributed by atoms with Gasteiger partial charge in [-0.25, -0.2) is 0 Å². The number of rotatable bonds is 8. The summed E-state index contributed by atoms with van der Waals surface area (Å²) in [5, 5.41) is 0. The number of hydrogen-bond donors (Lipinski definition) is 0. The second-order valence-corrected chi connectivity index (χ2v) is 11.9. The summed E-state index contributed by atoms with van der Waals surface area (Å²) in [7, 11) is 0. The molecule has 190 valence electrons. The van der Waals surface area contributed by atoms with Crippen molar-refractivity contribution >= 4 is 17.1 Å². The molecule has 0 saturated heterocycles. The molecule has 0 saturated carbocycles. The first-order valence-electron chi connectivity index (χ1n) is 14.3. The van der Waals surface area contributed by atoms with Crippen molar-refractivity contribution in [2.75, 3.05) is 29.4 Å². The average Bonchev–Trinajstić information content (AvgIpc) is 2.87. The number of nitrogens with zero attached hydrogens (tertiary/aromatic N) is 2. The van der Waals surface area contributed by atoms with Gasteiger partial charge in [0.1, 0.15) is 0 Å². The Bertz CT molecular complexity index is 1140. The van der Waals surface area contributed by atoms with Gasteiger partial charge in [-0.2, -0.15) is 0 Å². The summed E-state index contributed by atoms with van der Waals surface area (Å²) < 4.78 is 0.